The first-order valence-electron chi connectivity index (χ1n) is 9.82. The van der Waals surface area contributed by atoms with Crippen LogP contribution in [-0.2, 0) is 11.3 Å². The highest BCUT2D eigenvalue weighted by Gasteiger charge is 2.18. The topological polar surface area (TPSA) is 93.2 Å². The summed E-state index contributed by atoms with van der Waals surface area (Å²) in [6.45, 7) is 4.34. The number of hydrogen-bond acceptors (Lipinski definition) is 6. The van der Waals surface area contributed by atoms with Gasteiger partial charge < -0.3 is 23.9 Å². The van der Waals surface area contributed by atoms with Crippen LogP contribution in [0.1, 0.15) is 35.0 Å². The predicted octanol–water partition coefficient (Wildman–Crippen LogP) is 2.18. The van der Waals surface area contributed by atoms with Crippen LogP contribution in [0.3, 0.4) is 0 Å². The molecule has 3 aromatic rings. The molecule has 0 aliphatic heterocycles. The molecule has 0 spiro atoms. The Morgan fingerprint density at radius 1 is 1.13 bits per heavy atom. The molecule has 0 amide bonds. The summed E-state index contributed by atoms with van der Waals surface area (Å²) in [4.78, 5) is 26.0. The fourth-order valence-corrected chi connectivity index (χ4v) is 3.08. The van der Waals surface area contributed by atoms with Crippen LogP contribution < -0.4 is 20.2 Å². The highest BCUT2D eigenvalue weighted by Crippen LogP contribution is 2.29. The van der Waals surface area contributed by atoms with Crippen LogP contribution in [0.2, 0.25) is 0 Å². The number of quaternary nitrogens is 1. The second kappa shape index (κ2) is 9.00. The van der Waals surface area contributed by atoms with Crippen molar-refractivity contribution < 1.29 is 28.7 Å². The standard InChI is InChI=1S/C23H25NO6/c1-5-12-28-23(27)15-6-8-16(9-7-15)30-21-14(2)29-22-17(20(21)26)10-11-19(25)18(22)13-24(3)4/h6-11,25H,5,12-13H2,1-4H3. The molecule has 0 atom stereocenters. The molecule has 0 fully saturated rings. The van der Waals surface area contributed by atoms with E-state index in [1.165, 1.54) is 12.1 Å². The van der Waals surface area contributed by atoms with E-state index >= 15 is 0 Å². The molecule has 158 valence electrons. The Morgan fingerprint density at radius 3 is 2.47 bits per heavy atom. The second-order valence-corrected chi connectivity index (χ2v) is 7.38. The van der Waals surface area contributed by atoms with Gasteiger partial charge in [0.1, 0.15) is 23.6 Å². The maximum absolute atomic E-state index is 13.0. The lowest BCUT2D eigenvalue weighted by atomic mass is 10.1. The number of esters is 1. The van der Waals surface area contributed by atoms with Gasteiger partial charge in [-0.1, -0.05) is 18.7 Å². The zero-order valence-corrected chi connectivity index (χ0v) is 17.5. The minimum Gasteiger partial charge on any atom is -0.872 e. The van der Waals surface area contributed by atoms with E-state index in [1.807, 2.05) is 21.0 Å². The average Bonchev–Trinajstić information content (AvgIpc) is 2.71. The molecule has 0 radical (unpaired) electrons. The predicted molar refractivity (Wildman–Crippen MR) is 110 cm³/mol. The van der Waals surface area contributed by atoms with Gasteiger partial charge in [0.05, 0.1) is 31.7 Å². The maximum atomic E-state index is 13.0. The number of hydrogen-bond donors (Lipinski definition) is 1. The third kappa shape index (κ3) is 4.46. The number of ether oxygens (including phenoxy) is 2. The van der Waals surface area contributed by atoms with E-state index in [2.05, 4.69) is 0 Å². The third-order valence-corrected chi connectivity index (χ3v) is 4.52. The monoisotopic (exact) mass is 411 g/mol. The second-order valence-electron chi connectivity index (χ2n) is 7.38. The number of fused-ring (bicyclic) bond motifs is 1. The number of carbonyl (C=O) groups excluding carboxylic acids is 1. The molecule has 0 unspecified atom stereocenters. The fourth-order valence-electron chi connectivity index (χ4n) is 3.08. The molecule has 0 bridgehead atoms. The molecule has 1 N–H and O–H groups in total. The summed E-state index contributed by atoms with van der Waals surface area (Å²) in [5.41, 5.74) is 0.814. The van der Waals surface area contributed by atoms with Gasteiger partial charge in [0.15, 0.2) is 0 Å². The lowest BCUT2D eigenvalue weighted by molar-refractivity contribution is -0.872. The van der Waals surface area contributed by atoms with Crippen molar-refractivity contribution in [3.8, 4) is 17.2 Å². The number of benzene rings is 2. The first kappa shape index (κ1) is 21.4. The summed E-state index contributed by atoms with van der Waals surface area (Å²) in [6, 6.07) is 9.19. The summed E-state index contributed by atoms with van der Waals surface area (Å²) >= 11 is 0. The highest BCUT2D eigenvalue weighted by atomic mass is 16.5. The molecule has 7 nitrogen and oxygen atoms in total. The van der Waals surface area contributed by atoms with Gasteiger partial charge in [-0.25, -0.2) is 4.79 Å². The molecule has 1 aromatic heterocycles. The molecule has 0 aliphatic rings. The van der Waals surface area contributed by atoms with Crippen molar-refractivity contribution in [1.82, 2.24) is 0 Å². The highest BCUT2D eigenvalue weighted by molar-refractivity contribution is 5.89. The summed E-state index contributed by atoms with van der Waals surface area (Å²) < 4.78 is 16.7. The van der Waals surface area contributed by atoms with Crippen molar-refractivity contribution in [2.45, 2.75) is 26.8 Å². The van der Waals surface area contributed by atoms with Gasteiger partial charge in [-0.05, 0) is 43.7 Å². The van der Waals surface area contributed by atoms with Crippen molar-refractivity contribution in [3.63, 3.8) is 0 Å². The lowest BCUT2D eigenvalue weighted by Crippen LogP contribution is -3.04. The van der Waals surface area contributed by atoms with Crippen LogP contribution in [0.15, 0.2) is 45.6 Å². The molecule has 0 saturated heterocycles. The fraction of sp³-hybridized carbons (Fsp3) is 0.304. The zero-order valence-electron chi connectivity index (χ0n) is 17.5. The van der Waals surface area contributed by atoms with Crippen LogP contribution in [0, 0.1) is 6.92 Å². The van der Waals surface area contributed by atoms with Crippen molar-refractivity contribution in [3.05, 3.63) is 63.5 Å². The number of nitrogens with one attached hydrogen (secondary N) is 1. The van der Waals surface area contributed by atoms with Gasteiger partial charge in [-0.15, -0.1) is 0 Å². The molecular weight excluding hydrogens is 386 g/mol. The molecule has 3 rings (SSSR count). The normalized spacial score (nSPS) is 11.1. The summed E-state index contributed by atoms with van der Waals surface area (Å²) in [7, 11) is 3.84. The average molecular weight is 411 g/mol. The van der Waals surface area contributed by atoms with E-state index in [4.69, 9.17) is 13.9 Å². The first-order chi connectivity index (χ1) is 14.3. The first-order valence-corrected chi connectivity index (χ1v) is 9.82. The van der Waals surface area contributed by atoms with Gasteiger partial charge in [0.2, 0.25) is 11.2 Å². The maximum Gasteiger partial charge on any atom is 0.338 e. The number of aryl methyl sites for hydroxylation is 1. The van der Waals surface area contributed by atoms with E-state index in [9.17, 15) is 14.7 Å². The molecule has 7 heteroatoms. The van der Waals surface area contributed by atoms with E-state index < -0.39 is 5.97 Å². The van der Waals surface area contributed by atoms with E-state index in [-0.39, 0.29) is 22.7 Å². The molecule has 1 heterocycles. The van der Waals surface area contributed by atoms with Gasteiger partial charge >= 0.3 is 5.97 Å². The Balaban J connectivity index is 1.94. The molecule has 0 saturated carbocycles. The van der Waals surface area contributed by atoms with Crippen molar-refractivity contribution in [1.29, 1.82) is 0 Å². The van der Waals surface area contributed by atoms with Gasteiger partial charge in [0.25, 0.3) is 0 Å². The lowest BCUT2D eigenvalue weighted by Gasteiger charge is -2.18. The Bertz CT molecular complexity index is 1120. The Hall–Kier alpha value is -3.32. The molecular formula is C23H25NO6. The van der Waals surface area contributed by atoms with Crippen molar-refractivity contribution >= 4 is 16.9 Å². The van der Waals surface area contributed by atoms with Crippen molar-refractivity contribution in [2.24, 2.45) is 0 Å². The number of carbonyl (C=O) groups is 1. The van der Waals surface area contributed by atoms with E-state index in [1.54, 1.807) is 31.2 Å². The third-order valence-electron chi connectivity index (χ3n) is 4.52. The Labute approximate surface area is 174 Å². The van der Waals surface area contributed by atoms with Gasteiger partial charge in [0, 0.05) is 5.56 Å². The summed E-state index contributed by atoms with van der Waals surface area (Å²) in [5, 5.41) is 12.6. The largest absolute Gasteiger partial charge is 0.872 e. The SMILES string of the molecule is CCCOC(=O)c1ccc(Oc2c(C)oc3c(C[NH+](C)C)c([O-])ccc3c2=O)cc1. The van der Waals surface area contributed by atoms with E-state index in [0.29, 0.717) is 41.0 Å². The van der Waals surface area contributed by atoms with Crippen LogP contribution in [0.4, 0.5) is 0 Å². The van der Waals surface area contributed by atoms with Crippen LogP contribution >= 0.6 is 0 Å². The zero-order chi connectivity index (χ0) is 21.8. The summed E-state index contributed by atoms with van der Waals surface area (Å²) in [6.07, 6.45) is 0.745. The van der Waals surface area contributed by atoms with Crippen LogP contribution in [0.5, 0.6) is 17.2 Å². The molecule has 30 heavy (non-hydrogen) atoms. The van der Waals surface area contributed by atoms with Crippen LogP contribution in [0.25, 0.3) is 11.0 Å². The molecule has 0 aliphatic carbocycles. The van der Waals surface area contributed by atoms with Gasteiger partial charge in [-0.2, -0.15) is 0 Å². The van der Waals surface area contributed by atoms with Crippen molar-refractivity contribution in [2.75, 3.05) is 20.7 Å². The van der Waals surface area contributed by atoms with E-state index in [0.717, 1.165) is 11.3 Å². The summed E-state index contributed by atoms with van der Waals surface area (Å²) in [5.74, 6) is 0.138. The van der Waals surface area contributed by atoms with Crippen LogP contribution in [-0.4, -0.2) is 26.7 Å². The number of rotatable bonds is 7. The van der Waals surface area contributed by atoms with Gasteiger partial charge in [-0.3, -0.25) is 4.79 Å². The Morgan fingerprint density at radius 2 is 1.83 bits per heavy atom. The Kier molecular flexibility index (Phi) is 6.42. The quantitative estimate of drug-likeness (QED) is 0.599. The minimum atomic E-state index is -0.409. The minimum absolute atomic E-state index is 0.0469. The smallest absolute Gasteiger partial charge is 0.338 e. The molecule has 2 aromatic carbocycles.